The van der Waals surface area contributed by atoms with E-state index < -0.39 is 6.10 Å². The van der Waals surface area contributed by atoms with Crippen molar-refractivity contribution in [3.05, 3.63) is 194 Å². The first-order valence-electron chi connectivity index (χ1n) is 32.9. The topological polar surface area (TPSA) is 78.9 Å². The van der Waals surface area contributed by atoms with Gasteiger partial charge in [-0.2, -0.15) is 0 Å². The minimum Gasteiger partial charge on any atom is -0.462 e. The molecule has 0 fully saturated rings. The van der Waals surface area contributed by atoms with Crippen molar-refractivity contribution in [1.82, 2.24) is 0 Å². The van der Waals surface area contributed by atoms with Gasteiger partial charge < -0.3 is 14.2 Å². The van der Waals surface area contributed by atoms with Gasteiger partial charge >= 0.3 is 17.9 Å². The summed E-state index contributed by atoms with van der Waals surface area (Å²) in [4.78, 5) is 38.4. The van der Waals surface area contributed by atoms with Crippen molar-refractivity contribution in [3.63, 3.8) is 0 Å². The summed E-state index contributed by atoms with van der Waals surface area (Å²) >= 11 is 0. The molecule has 0 N–H and O–H groups in total. The van der Waals surface area contributed by atoms with Gasteiger partial charge in [0.25, 0.3) is 0 Å². The summed E-state index contributed by atoms with van der Waals surface area (Å²) in [6.07, 6.45) is 104. The van der Waals surface area contributed by atoms with E-state index in [9.17, 15) is 14.4 Å². The van der Waals surface area contributed by atoms with Crippen LogP contribution in [0, 0.1) is 0 Å². The van der Waals surface area contributed by atoms with Crippen molar-refractivity contribution in [2.24, 2.45) is 0 Å². The van der Waals surface area contributed by atoms with Crippen LogP contribution >= 0.6 is 0 Å². The third-order valence-corrected chi connectivity index (χ3v) is 13.1. The Labute approximate surface area is 509 Å². The molecule has 0 spiro atoms. The van der Waals surface area contributed by atoms with Crippen molar-refractivity contribution in [2.75, 3.05) is 13.2 Å². The fourth-order valence-electron chi connectivity index (χ4n) is 8.29. The highest BCUT2D eigenvalue weighted by Gasteiger charge is 2.19. The minimum absolute atomic E-state index is 0.123. The lowest BCUT2D eigenvalue weighted by Gasteiger charge is -2.18. The third-order valence-electron chi connectivity index (χ3n) is 13.1. The molecule has 0 amide bonds. The Kier molecular flexibility index (Phi) is 64.0. The molecule has 0 saturated carbocycles. The molecule has 0 saturated heterocycles. The molecule has 0 aromatic rings. The maximum atomic E-state index is 12.9. The maximum absolute atomic E-state index is 12.9. The van der Waals surface area contributed by atoms with Crippen LogP contribution in [0.5, 0.6) is 0 Å². The van der Waals surface area contributed by atoms with Gasteiger partial charge in [-0.25, -0.2) is 0 Å². The van der Waals surface area contributed by atoms with E-state index in [1.165, 1.54) is 38.5 Å². The average Bonchev–Trinajstić information content (AvgIpc) is 3.49. The van der Waals surface area contributed by atoms with Crippen LogP contribution in [0.15, 0.2) is 194 Å². The van der Waals surface area contributed by atoms with Gasteiger partial charge in [0.05, 0.1) is 0 Å². The van der Waals surface area contributed by atoms with Gasteiger partial charge in [-0.1, -0.05) is 279 Å². The van der Waals surface area contributed by atoms with Crippen LogP contribution in [-0.4, -0.2) is 37.2 Å². The normalized spacial score (nSPS) is 13.4. The summed E-state index contributed by atoms with van der Waals surface area (Å²) in [5, 5.41) is 0. The SMILES string of the molecule is CC/C=C\C/C=C\C/C=C\C/C=C\C/C=C\C/C=C\CCC(=O)OCC(COC(=O)CCCCCCCCCCC/C=C\C/C=C\C/C=C\C/C=C\C/C=C\CC)OC(=O)CCCCCCC/C=C\C/C=C\C/C=C\C/C=C\C/C=C\CC. The van der Waals surface area contributed by atoms with Gasteiger partial charge in [0.15, 0.2) is 6.10 Å². The van der Waals surface area contributed by atoms with Crippen LogP contribution < -0.4 is 0 Å². The predicted octanol–water partition coefficient (Wildman–Crippen LogP) is 23.0. The molecule has 0 rings (SSSR count). The van der Waals surface area contributed by atoms with Crippen molar-refractivity contribution in [1.29, 1.82) is 0 Å². The Morgan fingerprint density at radius 1 is 0.241 bits per heavy atom. The Balaban J connectivity index is 4.56. The highest BCUT2D eigenvalue weighted by atomic mass is 16.6. The minimum atomic E-state index is -0.836. The molecule has 6 nitrogen and oxygen atoms in total. The molecule has 462 valence electrons. The van der Waals surface area contributed by atoms with Crippen LogP contribution in [0.3, 0.4) is 0 Å². The average molecular weight is 1140 g/mol. The van der Waals surface area contributed by atoms with Crippen molar-refractivity contribution >= 4 is 17.9 Å². The number of carbonyl (C=O) groups excluding carboxylic acids is 3. The molecule has 0 radical (unpaired) electrons. The van der Waals surface area contributed by atoms with E-state index in [-0.39, 0.29) is 44.0 Å². The van der Waals surface area contributed by atoms with E-state index in [2.05, 4.69) is 209 Å². The highest BCUT2D eigenvalue weighted by Crippen LogP contribution is 2.14. The Hall–Kier alpha value is -5.75. The van der Waals surface area contributed by atoms with Crippen LogP contribution in [0.4, 0.5) is 0 Å². The number of hydrogen-bond donors (Lipinski definition) is 0. The molecule has 1 atom stereocenters. The zero-order valence-corrected chi connectivity index (χ0v) is 52.9. The van der Waals surface area contributed by atoms with Gasteiger partial charge in [-0.3, -0.25) is 14.4 Å². The fourth-order valence-corrected chi connectivity index (χ4v) is 8.29. The zero-order valence-electron chi connectivity index (χ0n) is 52.9. The van der Waals surface area contributed by atoms with Gasteiger partial charge in [0, 0.05) is 19.3 Å². The molecular formula is C77H118O6. The molecule has 0 heterocycles. The van der Waals surface area contributed by atoms with Crippen molar-refractivity contribution in [3.8, 4) is 0 Å². The second-order valence-electron chi connectivity index (χ2n) is 20.9. The van der Waals surface area contributed by atoms with Crippen LogP contribution in [-0.2, 0) is 28.6 Å². The molecule has 83 heavy (non-hydrogen) atoms. The largest absolute Gasteiger partial charge is 0.462 e. The first kappa shape index (κ1) is 77.2. The van der Waals surface area contributed by atoms with E-state index >= 15 is 0 Å². The second kappa shape index (κ2) is 68.7. The van der Waals surface area contributed by atoms with Gasteiger partial charge in [-0.05, 0) is 148 Å². The van der Waals surface area contributed by atoms with E-state index in [4.69, 9.17) is 14.2 Å². The number of hydrogen-bond acceptors (Lipinski definition) is 6. The van der Waals surface area contributed by atoms with Crippen LogP contribution in [0.1, 0.15) is 252 Å². The van der Waals surface area contributed by atoms with Gasteiger partial charge in [0.2, 0.25) is 0 Å². The van der Waals surface area contributed by atoms with Gasteiger partial charge in [0.1, 0.15) is 13.2 Å². The predicted molar refractivity (Wildman–Crippen MR) is 361 cm³/mol. The third kappa shape index (κ3) is 66.9. The summed E-state index contributed by atoms with van der Waals surface area (Å²) in [5.41, 5.74) is 0. The molecule has 6 heteroatoms. The summed E-state index contributed by atoms with van der Waals surface area (Å²) in [7, 11) is 0. The first-order valence-corrected chi connectivity index (χ1v) is 32.9. The molecule has 0 aromatic carbocycles. The van der Waals surface area contributed by atoms with E-state index in [0.717, 1.165) is 167 Å². The number of esters is 3. The Morgan fingerprint density at radius 2 is 0.458 bits per heavy atom. The standard InChI is InChI=1S/C77H118O6/c1-4-7-10-13-16-19-22-25-28-31-34-36-37-38-39-41-43-46-49-52-55-58-61-64-67-70-76(79)82-73-74(72-81-75(78)69-66-63-60-57-54-51-48-45-42-33-30-27-24-21-18-15-12-9-6-3)83-77(80)71-68-65-62-59-56-53-50-47-44-40-35-32-29-26-23-20-17-14-11-8-5-2/h7-12,16-21,25-30,34-36,38-40,42,45,47,50-51,54,60,63,74H,4-6,13-15,22-24,31-33,37,41,43-44,46,48-49,52-53,55-59,61-62,64-73H2,1-3H3/b10-7-,11-8-,12-9-,19-16-,20-17-,21-18-,28-25-,29-26-,30-27-,36-34-,39-38-,40-35-,45-42-,50-47-,54-51-,63-60-. The quantitative estimate of drug-likeness (QED) is 0.0261. The lowest BCUT2D eigenvalue weighted by atomic mass is 10.1. The van der Waals surface area contributed by atoms with E-state index in [0.29, 0.717) is 12.8 Å². The monoisotopic (exact) mass is 1140 g/mol. The molecule has 0 aliphatic rings. The number of rotatable bonds is 57. The lowest BCUT2D eigenvalue weighted by Crippen LogP contribution is -2.30. The molecule has 0 aliphatic heterocycles. The molecular weight excluding hydrogens is 1020 g/mol. The highest BCUT2D eigenvalue weighted by molar-refractivity contribution is 5.71. The summed E-state index contributed by atoms with van der Waals surface area (Å²) in [6.45, 7) is 6.21. The molecule has 0 aliphatic carbocycles. The Morgan fingerprint density at radius 3 is 0.747 bits per heavy atom. The van der Waals surface area contributed by atoms with Gasteiger partial charge in [-0.15, -0.1) is 0 Å². The van der Waals surface area contributed by atoms with Crippen molar-refractivity contribution in [2.45, 2.75) is 258 Å². The van der Waals surface area contributed by atoms with Crippen LogP contribution in [0.25, 0.3) is 0 Å². The Bertz CT molecular complexity index is 1990. The molecule has 0 aromatic heterocycles. The number of ether oxygens (including phenoxy) is 3. The number of allylic oxidation sites excluding steroid dienone is 32. The molecule has 1 unspecified atom stereocenters. The smallest absolute Gasteiger partial charge is 0.306 e. The fraction of sp³-hybridized carbons (Fsp3) is 0.545. The van der Waals surface area contributed by atoms with E-state index in [1.54, 1.807) is 0 Å². The van der Waals surface area contributed by atoms with Crippen molar-refractivity contribution < 1.29 is 28.6 Å². The number of unbranched alkanes of at least 4 members (excludes halogenated alkanes) is 14. The maximum Gasteiger partial charge on any atom is 0.306 e. The van der Waals surface area contributed by atoms with E-state index in [1.807, 2.05) is 6.08 Å². The van der Waals surface area contributed by atoms with Crippen LogP contribution in [0.2, 0.25) is 0 Å². The summed E-state index contributed by atoms with van der Waals surface area (Å²) < 4.78 is 16.9. The lowest BCUT2D eigenvalue weighted by molar-refractivity contribution is -0.166. The summed E-state index contributed by atoms with van der Waals surface area (Å²) in [5.74, 6) is -1.04. The number of carbonyl (C=O) groups is 3. The molecule has 0 bridgehead atoms. The summed E-state index contributed by atoms with van der Waals surface area (Å²) in [6, 6.07) is 0. The second-order valence-corrected chi connectivity index (χ2v) is 20.9. The zero-order chi connectivity index (χ0) is 59.9. The first-order chi connectivity index (χ1) is 41.0.